The van der Waals surface area contributed by atoms with Gasteiger partial charge in [-0.05, 0) is 50.6 Å². The van der Waals surface area contributed by atoms with Gasteiger partial charge in [-0.3, -0.25) is 9.36 Å². The molecule has 2 heterocycles. The van der Waals surface area contributed by atoms with Gasteiger partial charge in [0.15, 0.2) is 11.0 Å². The molecule has 0 N–H and O–H groups in total. The number of hydrogen-bond acceptors (Lipinski definition) is 6. The number of carbonyl (C=O) groups is 1. The van der Waals surface area contributed by atoms with Crippen LogP contribution in [0.25, 0.3) is 11.4 Å². The van der Waals surface area contributed by atoms with E-state index in [1.165, 1.54) is 19.3 Å². The number of amides is 1. The van der Waals surface area contributed by atoms with Crippen molar-refractivity contribution in [2.24, 2.45) is 0 Å². The van der Waals surface area contributed by atoms with Gasteiger partial charge in [-0.15, -0.1) is 10.2 Å². The van der Waals surface area contributed by atoms with E-state index in [2.05, 4.69) is 26.6 Å². The van der Waals surface area contributed by atoms with Gasteiger partial charge < -0.3 is 14.5 Å². The summed E-state index contributed by atoms with van der Waals surface area (Å²) in [5, 5.41) is 9.83. The first-order valence-electron chi connectivity index (χ1n) is 11.9. The lowest BCUT2D eigenvalue weighted by molar-refractivity contribution is -0.132. The predicted octanol–water partition coefficient (Wildman–Crippen LogP) is 4.10. The van der Waals surface area contributed by atoms with E-state index in [9.17, 15) is 4.79 Å². The molecule has 1 amide bonds. The molecule has 32 heavy (non-hydrogen) atoms. The molecule has 1 aliphatic carbocycles. The van der Waals surface area contributed by atoms with Gasteiger partial charge in [0.2, 0.25) is 5.91 Å². The third kappa shape index (κ3) is 5.12. The van der Waals surface area contributed by atoms with E-state index in [4.69, 9.17) is 4.74 Å². The van der Waals surface area contributed by atoms with Crippen molar-refractivity contribution in [3.05, 3.63) is 24.3 Å². The number of carbonyl (C=O) groups excluding carboxylic acids is 1. The van der Waals surface area contributed by atoms with Crippen LogP contribution >= 0.6 is 11.8 Å². The average Bonchev–Trinajstić information content (AvgIpc) is 3.27. The van der Waals surface area contributed by atoms with E-state index in [1.807, 2.05) is 36.1 Å². The Bertz CT molecular complexity index is 886. The number of aromatic nitrogens is 3. The summed E-state index contributed by atoms with van der Waals surface area (Å²) in [6, 6.07) is 8.39. The van der Waals surface area contributed by atoms with Gasteiger partial charge in [0.05, 0.1) is 12.4 Å². The number of thioether (sulfide) groups is 1. The quantitative estimate of drug-likeness (QED) is 0.583. The van der Waals surface area contributed by atoms with Crippen LogP contribution in [0.4, 0.5) is 0 Å². The summed E-state index contributed by atoms with van der Waals surface area (Å²) in [4.78, 5) is 17.5. The Balaban J connectivity index is 1.54. The number of likely N-dealkylation sites (N-methyl/N-ethyl adjacent to an activating group) is 1. The van der Waals surface area contributed by atoms with Crippen molar-refractivity contribution in [3.63, 3.8) is 0 Å². The van der Waals surface area contributed by atoms with E-state index in [-0.39, 0.29) is 11.2 Å². The van der Waals surface area contributed by atoms with Crippen molar-refractivity contribution < 1.29 is 9.53 Å². The molecule has 1 aliphatic heterocycles. The van der Waals surface area contributed by atoms with Gasteiger partial charge in [0.25, 0.3) is 0 Å². The third-order valence-corrected chi connectivity index (χ3v) is 7.76. The Hall–Kier alpha value is -2.06. The summed E-state index contributed by atoms with van der Waals surface area (Å²) in [5.41, 5.74) is 1.03. The van der Waals surface area contributed by atoms with Crippen molar-refractivity contribution in [1.82, 2.24) is 24.6 Å². The highest BCUT2D eigenvalue weighted by atomic mass is 32.2. The van der Waals surface area contributed by atoms with Crippen molar-refractivity contribution in [2.75, 3.05) is 39.8 Å². The van der Waals surface area contributed by atoms with E-state index in [0.717, 1.165) is 67.9 Å². The van der Waals surface area contributed by atoms with Crippen molar-refractivity contribution >= 4 is 17.7 Å². The Labute approximate surface area is 195 Å². The molecule has 1 aromatic heterocycles. The van der Waals surface area contributed by atoms with Crippen molar-refractivity contribution in [1.29, 1.82) is 0 Å². The van der Waals surface area contributed by atoms with Crippen molar-refractivity contribution in [2.45, 2.75) is 62.4 Å². The van der Waals surface area contributed by atoms with E-state index in [1.54, 1.807) is 18.9 Å². The molecule has 4 rings (SSSR count). The van der Waals surface area contributed by atoms with E-state index < -0.39 is 0 Å². The number of hydrogen-bond donors (Lipinski definition) is 0. The molecule has 1 saturated heterocycles. The molecule has 8 heteroatoms. The maximum atomic E-state index is 13.1. The molecule has 7 nitrogen and oxygen atoms in total. The molecule has 0 radical (unpaired) electrons. The van der Waals surface area contributed by atoms with Crippen LogP contribution in [-0.4, -0.2) is 75.6 Å². The molecule has 0 unspecified atom stereocenters. The standard InChI is InChI=1S/C24H35N5O2S/c1-4-27-14-16-28(17-15-27)23(30)18(2)32-24-26-25-22(19-10-12-21(31-3)13-11-19)29(24)20-8-6-5-7-9-20/h10-13,18,20H,4-9,14-17H2,1-3H3/t18-/m1/s1. The molecular weight excluding hydrogens is 422 g/mol. The molecule has 2 aromatic rings. The first-order chi connectivity index (χ1) is 15.6. The average molecular weight is 458 g/mol. The zero-order chi connectivity index (χ0) is 22.5. The fourth-order valence-electron chi connectivity index (χ4n) is 4.71. The van der Waals surface area contributed by atoms with Crippen LogP contribution in [0, 0.1) is 0 Å². The first kappa shape index (κ1) is 23.1. The van der Waals surface area contributed by atoms with Gasteiger partial charge in [0, 0.05) is 37.8 Å². The van der Waals surface area contributed by atoms with Gasteiger partial charge in [-0.1, -0.05) is 37.9 Å². The number of rotatable bonds is 7. The van der Waals surface area contributed by atoms with Crippen LogP contribution in [0.15, 0.2) is 29.4 Å². The second-order valence-electron chi connectivity index (χ2n) is 8.72. The zero-order valence-electron chi connectivity index (χ0n) is 19.5. The molecule has 174 valence electrons. The molecule has 2 aliphatic rings. The monoisotopic (exact) mass is 457 g/mol. The fourth-order valence-corrected chi connectivity index (χ4v) is 5.72. The highest BCUT2D eigenvalue weighted by molar-refractivity contribution is 8.00. The number of ether oxygens (including phenoxy) is 1. The fraction of sp³-hybridized carbons (Fsp3) is 0.625. The minimum atomic E-state index is -0.182. The Morgan fingerprint density at radius 3 is 2.41 bits per heavy atom. The molecule has 1 saturated carbocycles. The predicted molar refractivity (Wildman–Crippen MR) is 128 cm³/mol. The Morgan fingerprint density at radius 2 is 1.78 bits per heavy atom. The number of piperazine rings is 1. The van der Waals surface area contributed by atoms with Crippen LogP contribution in [0.2, 0.25) is 0 Å². The Kier molecular flexibility index (Phi) is 7.73. The van der Waals surface area contributed by atoms with Crippen LogP contribution in [0.1, 0.15) is 52.0 Å². The maximum absolute atomic E-state index is 13.1. The summed E-state index contributed by atoms with van der Waals surface area (Å²) in [6.07, 6.45) is 6.01. The zero-order valence-corrected chi connectivity index (χ0v) is 20.3. The van der Waals surface area contributed by atoms with E-state index in [0.29, 0.717) is 6.04 Å². The minimum Gasteiger partial charge on any atom is -0.497 e. The van der Waals surface area contributed by atoms with Crippen molar-refractivity contribution in [3.8, 4) is 17.1 Å². The first-order valence-corrected chi connectivity index (χ1v) is 12.8. The topological polar surface area (TPSA) is 63.5 Å². The van der Waals surface area contributed by atoms with Crippen LogP contribution in [0.5, 0.6) is 5.75 Å². The second kappa shape index (κ2) is 10.7. The lowest BCUT2D eigenvalue weighted by atomic mass is 9.95. The van der Waals surface area contributed by atoms with E-state index >= 15 is 0 Å². The van der Waals surface area contributed by atoms with Gasteiger partial charge in [0.1, 0.15) is 5.75 Å². The van der Waals surface area contributed by atoms with Gasteiger partial charge in [-0.25, -0.2) is 0 Å². The highest BCUT2D eigenvalue weighted by Crippen LogP contribution is 2.37. The molecule has 0 bridgehead atoms. The van der Waals surface area contributed by atoms with Crippen LogP contribution in [-0.2, 0) is 4.79 Å². The molecule has 2 fully saturated rings. The third-order valence-electron chi connectivity index (χ3n) is 6.71. The number of nitrogens with zero attached hydrogens (tertiary/aromatic N) is 5. The smallest absolute Gasteiger partial charge is 0.235 e. The van der Waals surface area contributed by atoms with Crippen LogP contribution < -0.4 is 4.74 Å². The summed E-state index contributed by atoms with van der Waals surface area (Å²) in [5.74, 6) is 1.92. The summed E-state index contributed by atoms with van der Waals surface area (Å²) >= 11 is 1.56. The molecule has 1 aromatic carbocycles. The molecule has 1 atom stereocenters. The largest absolute Gasteiger partial charge is 0.497 e. The molecule has 0 spiro atoms. The van der Waals surface area contributed by atoms with Gasteiger partial charge in [-0.2, -0.15) is 0 Å². The SMILES string of the molecule is CCN1CCN(C(=O)[C@@H](C)Sc2nnc(-c3ccc(OC)cc3)n2C2CCCCC2)CC1. The Morgan fingerprint density at radius 1 is 1.09 bits per heavy atom. The van der Waals surface area contributed by atoms with Crippen LogP contribution in [0.3, 0.4) is 0 Å². The number of methoxy groups -OCH3 is 1. The second-order valence-corrected chi connectivity index (χ2v) is 10.0. The highest BCUT2D eigenvalue weighted by Gasteiger charge is 2.29. The lowest BCUT2D eigenvalue weighted by Gasteiger charge is -2.35. The molecular formula is C24H35N5O2S. The van der Waals surface area contributed by atoms with Gasteiger partial charge >= 0.3 is 0 Å². The normalized spacial score (nSPS) is 19.2. The summed E-state index contributed by atoms with van der Waals surface area (Å²) in [7, 11) is 1.68. The number of benzene rings is 1. The minimum absolute atomic E-state index is 0.182. The summed E-state index contributed by atoms with van der Waals surface area (Å²) < 4.78 is 7.61. The maximum Gasteiger partial charge on any atom is 0.235 e. The lowest BCUT2D eigenvalue weighted by Crippen LogP contribution is -2.50. The summed E-state index contributed by atoms with van der Waals surface area (Å²) in [6.45, 7) is 8.76.